The molecule has 1 aromatic carbocycles. The number of carbonyl (C=O) groups excluding carboxylic acids is 2. The lowest BCUT2D eigenvalue weighted by molar-refractivity contribution is -0.192. The standard InChI is InChI=1S/C18H23N5O3.C2HF3O2/c1-2-8-19-18(25)20-13-5-3-12(4-6-13)10-16(24)21-17-14-11-26-9-7-15(14)22-23-17;3-2(4,5)1(6)7/h3-6H,2,7-11H2,1H3,(H2,19,20,25)(H2,21,22,23,24);(H,6,7). The Balaban J connectivity index is 0.000000479. The average molecular weight is 471 g/mol. The number of H-pyrrole nitrogens is 1. The normalized spacial score (nSPS) is 12.6. The number of nitrogens with zero attached hydrogens (tertiary/aromatic N) is 1. The van der Waals surface area contributed by atoms with Gasteiger partial charge in [0.15, 0.2) is 5.82 Å². The molecule has 2 heterocycles. The number of benzene rings is 1. The average Bonchev–Trinajstić information content (AvgIpc) is 3.16. The number of aromatic amines is 1. The Bertz CT molecular complexity index is 960. The predicted molar refractivity (Wildman–Crippen MR) is 112 cm³/mol. The van der Waals surface area contributed by atoms with E-state index in [1.165, 1.54) is 0 Å². The van der Waals surface area contributed by atoms with E-state index < -0.39 is 12.1 Å². The fourth-order valence-corrected chi connectivity index (χ4v) is 2.70. The van der Waals surface area contributed by atoms with Gasteiger partial charge in [0.1, 0.15) is 0 Å². The molecule has 0 radical (unpaired) electrons. The second kappa shape index (κ2) is 11.9. The number of fused-ring (bicyclic) bond motifs is 1. The van der Waals surface area contributed by atoms with Crippen molar-refractivity contribution in [1.29, 1.82) is 0 Å². The zero-order chi connectivity index (χ0) is 24.4. The molecule has 1 aliphatic heterocycles. The van der Waals surface area contributed by atoms with E-state index in [1.54, 1.807) is 12.1 Å². The van der Waals surface area contributed by atoms with Crippen molar-refractivity contribution in [1.82, 2.24) is 15.5 Å². The van der Waals surface area contributed by atoms with Gasteiger partial charge in [0, 0.05) is 29.9 Å². The highest BCUT2D eigenvalue weighted by molar-refractivity contribution is 5.92. The molecule has 0 saturated carbocycles. The van der Waals surface area contributed by atoms with Crippen LogP contribution in [0.4, 0.5) is 29.5 Å². The third-order valence-corrected chi connectivity index (χ3v) is 4.31. The third-order valence-electron chi connectivity index (χ3n) is 4.31. The van der Waals surface area contributed by atoms with Crippen LogP contribution in [0.2, 0.25) is 0 Å². The number of urea groups is 1. The molecular formula is C20H24F3N5O5. The summed E-state index contributed by atoms with van der Waals surface area (Å²) in [6.07, 6.45) is -3.20. The smallest absolute Gasteiger partial charge is 0.475 e. The molecule has 0 unspecified atom stereocenters. The summed E-state index contributed by atoms with van der Waals surface area (Å²) in [4.78, 5) is 32.8. The Morgan fingerprint density at radius 3 is 2.45 bits per heavy atom. The monoisotopic (exact) mass is 471 g/mol. The SMILES string of the molecule is CCCNC(=O)Nc1ccc(CC(=O)Nc2n[nH]c3c2COCC3)cc1.O=C(O)C(F)(F)F. The maximum Gasteiger partial charge on any atom is 0.490 e. The maximum atomic E-state index is 12.3. The van der Waals surface area contributed by atoms with Crippen molar-refractivity contribution in [3.8, 4) is 0 Å². The Hall–Kier alpha value is -3.61. The fourth-order valence-electron chi connectivity index (χ4n) is 2.70. The minimum Gasteiger partial charge on any atom is -0.475 e. The third kappa shape index (κ3) is 8.44. The van der Waals surface area contributed by atoms with E-state index in [9.17, 15) is 22.8 Å². The number of amides is 3. The highest BCUT2D eigenvalue weighted by Crippen LogP contribution is 2.22. The van der Waals surface area contributed by atoms with E-state index in [1.807, 2.05) is 19.1 Å². The van der Waals surface area contributed by atoms with Gasteiger partial charge in [-0.05, 0) is 24.1 Å². The van der Waals surface area contributed by atoms with E-state index >= 15 is 0 Å². The van der Waals surface area contributed by atoms with Crippen LogP contribution in [0, 0.1) is 0 Å². The fraction of sp³-hybridized carbons (Fsp3) is 0.400. The summed E-state index contributed by atoms with van der Waals surface area (Å²) in [6, 6.07) is 6.95. The molecule has 0 saturated heterocycles. The van der Waals surface area contributed by atoms with Crippen LogP contribution < -0.4 is 16.0 Å². The molecule has 3 rings (SSSR count). The molecule has 0 fully saturated rings. The van der Waals surface area contributed by atoms with E-state index in [2.05, 4.69) is 26.1 Å². The number of hydrogen-bond acceptors (Lipinski definition) is 5. The zero-order valence-electron chi connectivity index (χ0n) is 17.7. The number of aromatic nitrogens is 2. The lowest BCUT2D eigenvalue weighted by Gasteiger charge is -2.12. The number of hydrogen-bond donors (Lipinski definition) is 5. The van der Waals surface area contributed by atoms with Gasteiger partial charge in [-0.3, -0.25) is 9.89 Å². The van der Waals surface area contributed by atoms with E-state index in [-0.39, 0.29) is 18.4 Å². The molecule has 0 aliphatic carbocycles. The Labute approximate surface area is 186 Å². The van der Waals surface area contributed by atoms with Crippen LogP contribution in [0.5, 0.6) is 0 Å². The molecule has 0 spiro atoms. The number of rotatable bonds is 6. The van der Waals surface area contributed by atoms with Crippen LogP contribution in [0.15, 0.2) is 24.3 Å². The van der Waals surface area contributed by atoms with Crippen molar-refractivity contribution >= 4 is 29.4 Å². The number of halogens is 3. The van der Waals surface area contributed by atoms with Gasteiger partial charge in [-0.25, -0.2) is 9.59 Å². The summed E-state index contributed by atoms with van der Waals surface area (Å²) in [5, 5.41) is 22.5. The molecule has 1 aliphatic rings. The summed E-state index contributed by atoms with van der Waals surface area (Å²) in [5.41, 5.74) is 3.47. The summed E-state index contributed by atoms with van der Waals surface area (Å²) in [6.45, 7) is 3.75. The highest BCUT2D eigenvalue weighted by atomic mass is 19.4. The summed E-state index contributed by atoms with van der Waals surface area (Å²) < 4.78 is 37.1. The van der Waals surface area contributed by atoms with Gasteiger partial charge in [-0.15, -0.1) is 0 Å². The minimum atomic E-state index is -5.08. The number of nitrogens with one attached hydrogen (secondary N) is 4. The van der Waals surface area contributed by atoms with Crippen LogP contribution in [0.1, 0.15) is 30.2 Å². The van der Waals surface area contributed by atoms with Gasteiger partial charge in [0.05, 0.1) is 19.6 Å². The van der Waals surface area contributed by atoms with Crippen LogP contribution in [-0.2, 0) is 33.8 Å². The molecule has 1 aromatic heterocycles. The van der Waals surface area contributed by atoms with Crippen molar-refractivity contribution in [2.45, 2.75) is 39.0 Å². The lowest BCUT2D eigenvalue weighted by atomic mass is 10.1. The number of carboxylic acid groups (broad SMARTS) is 1. The lowest BCUT2D eigenvalue weighted by Crippen LogP contribution is -2.29. The quantitative estimate of drug-likeness (QED) is 0.438. The summed E-state index contributed by atoms with van der Waals surface area (Å²) in [7, 11) is 0. The minimum absolute atomic E-state index is 0.147. The Morgan fingerprint density at radius 2 is 1.85 bits per heavy atom. The largest absolute Gasteiger partial charge is 0.490 e. The van der Waals surface area contributed by atoms with Gasteiger partial charge in [-0.2, -0.15) is 18.3 Å². The first-order valence-corrected chi connectivity index (χ1v) is 9.97. The number of anilines is 2. The second-order valence-corrected chi connectivity index (χ2v) is 6.94. The zero-order valence-corrected chi connectivity index (χ0v) is 17.7. The number of carboxylic acids is 1. The summed E-state index contributed by atoms with van der Waals surface area (Å²) in [5.74, 6) is -2.37. The molecule has 0 bridgehead atoms. The van der Waals surface area contributed by atoms with Crippen molar-refractivity contribution in [3.05, 3.63) is 41.1 Å². The molecule has 10 nitrogen and oxygen atoms in total. The number of ether oxygens (including phenoxy) is 1. The van der Waals surface area contributed by atoms with Gasteiger partial charge >= 0.3 is 18.2 Å². The Morgan fingerprint density at radius 1 is 1.18 bits per heavy atom. The molecule has 3 amide bonds. The second-order valence-electron chi connectivity index (χ2n) is 6.94. The van der Waals surface area contributed by atoms with Crippen LogP contribution in [-0.4, -0.2) is 52.5 Å². The van der Waals surface area contributed by atoms with Crippen LogP contribution in [0.3, 0.4) is 0 Å². The summed E-state index contributed by atoms with van der Waals surface area (Å²) >= 11 is 0. The first kappa shape index (κ1) is 25.6. The number of carbonyl (C=O) groups is 3. The predicted octanol–water partition coefficient (Wildman–Crippen LogP) is 2.83. The topological polar surface area (TPSA) is 145 Å². The molecule has 0 atom stereocenters. The molecule has 2 aromatic rings. The van der Waals surface area contributed by atoms with E-state index in [0.29, 0.717) is 31.3 Å². The highest BCUT2D eigenvalue weighted by Gasteiger charge is 2.38. The van der Waals surface area contributed by atoms with Crippen molar-refractivity contribution in [3.63, 3.8) is 0 Å². The van der Waals surface area contributed by atoms with Crippen molar-refractivity contribution in [2.75, 3.05) is 23.8 Å². The van der Waals surface area contributed by atoms with Crippen LogP contribution in [0.25, 0.3) is 0 Å². The van der Waals surface area contributed by atoms with Crippen LogP contribution >= 0.6 is 0 Å². The van der Waals surface area contributed by atoms with Gasteiger partial charge in [0.2, 0.25) is 5.91 Å². The molecule has 33 heavy (non-hydrogen) atoms. The molecular weight excluding hydrogens is 447 g/mol. The van der Waals surface area contributed by atoms with Gasteiger partial charge in [-0.1, -0.05) is 19.1 Å². The molecule has 180 valence electrons. The first-order valence-electron chi connectivity index (χ1n) is 9.97. The van der Waals surface area contributed by atoms with E-state index in [4.69, 9.17) is 14.6 Å². The molecule has 5 N–H and O–H groups in total. The Kier molecular flexibility index (Phi) is 9.21. The number of alkyl halides is 3. The van der Waals surface area contributed by atoms with Gasteiger partial charge in [0.25, 0.3) is 0 Å². The molecule has 13 heteroatoms. The van der Waals surface area contributed by atoms with Gasteiger partial charge < -0.3 is 25.8 Å². The van der Waals surface area contributed by atoms with E-state index in [0.717, 1.165) is 29.7 Å². The van der Waals surface area contributed by atoms with Crippen molar-refractivity contribution < 1.29 is 37.4 Å². The number of aliphatic carboxylic acids is 1. The maximum absolute atomic E-state index is 12.3. The first-order chi connectivity index (χ1) is 15.6. The van der Waals surface area contributed by atoms with Crippen molar-refractivity contribution in [2.24, 2.45) is 0 Å².